The van der Waals surface area contributed by atoms with Crippen LogP contribution in [-0.2, 0) is 20.7 Å². The van der Waals surface area contributed by atoms with Crippen LogP contribution in [0.4, 0.5) is 9.93 Å². The molecule has 2 N–H and O–H groups in total. The third-order valence-electron chi connectivity index (χ3n) is 5.40. The number of ether oxygens (including phenoxy) is 1. The van der Waals surface area contributed by atoms with E-state index in [1.165, 1.54) is 11.3 Å². The third kappa shape index (κ3) is 9.12. The Kier molecular flexibility index (Phi) is 9.22. The largest absolute Gasteiger partial charge is 0.444 e. The Labute approximate surface area is 215 Å². The van der Waals surface area contributed by atoms with Gasteiger partial charge in [0.15, 0.2) is 5.13 Å². The van der Waals surface area contributed by atoms with Crippen LogP contribution in [0.15, 0.2) is 21.0 Å². The summed E-state index contributed by atoms with van der Waals surface area (Å²) in [6.45, 7) is 14.7. The first-order chi connectivity index (χ1) is 16.4. The van der Waals surface area contributed by atoms with E-state index in [2.05, 4.69) is 46.3 Å². The van der Waals surface area contributed by atoms with E-state index < -0.39 is 11.7 Å². The molecule has 2 aromatic heterocycles. The average Bonchev–Trinajstić information content (AvgIpc) is 3.41. The molecule has 0 spiro atoms. The zero-order valence-electron chi connectivity index (χ0n) is 21.5. The molecule has 35 heavy (non-hydrogen) atoms. The van der Waals surface area contributed by atoms with E-state index in [9.17, 15) is 9.59 Å². The number of nitrogens with zero attached hydrogens (tertiary/aromatic N) is 3. The molecule has 11 heteroatoms. The van der Waals surface area contributed by atoms with Crippen molar-refractivity contribution in [1.29, 1.82) is 0 Å². The number of carbonyl (C=O) groups excluding carboxylic acids is 2. The van der Waals surface area contributed by atoms with Gasteiger partial charge in [0.2, 0.25) is 11.8 Å². The number of carbonyl (C=O) groups is 2. The lowest BCUT2D eigenvalue weighted by molar-refractivity contribution is -0.121. The molecular weight excluding hydrogens is 486 g/mol. The summed E-state index contributed by atoms with van der Waals surface area (Å²) in [5, 5.41) is 6.37. The number of anilines is 1. The maximum absolute atomic E-state index is 12.7. The van der Waals surface area contributed by atoms with Gasteiger partial charge in [0.25, 0.3) is 0 Å². The Morgan fingerprint density at radius 3 is 2.51 bits per heavy atom. The van der Waals surface area contributed by atoms with Crippen LogP contribution in [0.5, 0.6) is 0 Å². The lowest BCUT2D eigenvalue weighted by Gasteiger charge is -2.31. The highest BCUT2D eigenvalue weighted by molar-refractivity contribution is 8.00. The lowest BCUT2D eigenvalue weighted by atomic mass is 9.94. The molecule has 0 bridgehead atoms. The first kappa shape index (κ1) is 27.5. The van der Waals surface area contributed by atoms with Gasteiger partial charge in [-0.25, -0.2) is 14.8 Å². The topological polar surface area (TPSA) is 110 Å². The molecule has 0 radical (unpaired) electrons. The maximum atomic E-state index is 12.7. The summed E-state index contributed by atoms with van der Waals surface area (Å²) in [7, 11) is 0. The first-order valence-corrected chi connectivity index (χ1v) is 13.7. The number of amides is 2. The van der Waals surface area contributed by atoms with Crippen LogP contribution in [0.1, 0.15) is 66.0 Å². The molecular formula is C24H37N5O4S2. The fourth-order valence-corrected chi connectivity index (χ4v) is 5.23. The quantitative estimate of drug-likeness (QED) is 0.471. The van der Waals surface area contributed by atoms with Gasteiger partial charge in [-0.15, -0.1) is 11.8 Å². The van der Waals surface area contributed by atoms with Crippen molar-refractivity contribution in [2.24, 2.45) is 5.92 Å². The van der Waals surface area contributed by atoms with E-state index in [1.54, 1.807) is 24.2 Å². The Balaban J connectivity index is 1.36. The van der Waals surface area contributed by atoms with Gasteiger partial charge in [-0.3, -0.25) is 4.79 Å². The Morgan fingerprint density at radius 2 is 1.89 bits per heavy atom. The van der Waals surface area contributed by atoms with E-state index in [-0.39, 0.29) is 17.2 Å². The predicted molar refractivity (Wildman–Crippen MR) is 139 cm³/mol. The molecule has 194 valence electrons. The SMILES string of the molecule is CC(C)(C)OC(=O)NCCN1CCC(C(=O)Nc2ncc(SCc3ncc(C(C)(C)C)o3)s2)CC1. The molecule has 0 saturated carbocycles. The van der Waals surface area contributed by atoms with Crippen LogP contribution in [0.2, 0.25) is 0 Å². The minimum absolute atomic E-state index is 0.0185. The fraction of sp³-hybridized carbons (Fsp3) is 0.667. The number of oxazole rings is 1. The molecule has 0 aromatic carbocycles. The Morgan fingerprint density at radius 1 is 1.17 bits per heavy atom. The van der Waals surface area contributed by atoms with Crippen molar-refractivity contribution in [3.8, 4) is 0 Å². The number of piperidine rings is 1. The molecule has 1 saturated heterocycles. The van der Waals surface area contributed by atoms with Crippen molar-refractivity contribution in [1.82, 2.24) is 20.2 Å². The number of alkyl carbamates (subject to hydrolysis) is 1. The van der Waals surface area contributed by atoms with Crippen molar-refractivity contribution >= 4 is 40.2 Å². The van der Waals surface area contributed by atoms with Gasteiger partial charge in [-0.05, 0) is 46.7 Å². The Hall–Kier alpha value is -2.11. The smallest absolute Gasteiger partial charge is 0.407 e. The summed E-state index contributed by atoms with van der Waals surface area (Å²) >= 11 is 3.06. The number of thioether (sulfide) groups is 1. The van der Waals surface area contributed by atoms with Crippen LogP contribution >= 0.6 is 23.1 Å². The number of hydrogen-bond acceptors (Lipinski definition) is 9. The van der Waals surface area contributed by atoms with Crippen molar-refractivity contribution in [2.75, 3.05) is 31.5 Å². The molecule has 3 rings (SSSR count). The molecule has 0 atom stereocenters. The molecule has 9 nitrogen and oxygen atoms in total. The molecule has 1 aliphatic heterocycles. The molecule has 3 heterocycles. The molecule has 2 amide bonds. The second-order valence-electron chi connectivity index (χ2n) is 10.7. The molecule has 1 fully saturated rings. The highest BCUT2D eigenvalue weighted by Gasteiger charge is 2.26. The monoisotopic (exact) mass is 523 g/mol. The van der Waals surface area contributed by atoms with Crippen LogP contribution in [0, 0.1) is 5.92 Å². The molecule has 2 aromatic rings. The van der Waals surface area contributed by atoms with Gasteiger partial charge < -0.3 is 24.7 Å². The summed E-state index contributed by atoms with van der Waals surface area (Å²) in [5.41, 5.74) is -0.565. The van der Waals surface area contributed by atoms with Gasteiger partial charge in [0.05, 0.1) is 22.4 Å². The second kappa shape index (κ2) is 11.7. The number of rotatable bonds is 8. The van der Waals surface area contributed by atoms with Gasteiger partial charge in [-0.2, -0.15) is 0 Å². The van der Waals surface area contributed by atoms with Crippen LogP contribution < -0.4 is 10.6 Å². The number of nitrogens with one attached hydrogen (secondary N) is 2. The van der Waals surface area contributed by atoms with Gasteiger partial charge in [0.1, 0.15) is 11.4 Å². The fourth-order valence-electron chi connectivity index (χ4n) is 3.50. The van der Waals surface area contributed by atoms with E-state index in [0.29, 0.717) is 23.3 Å². The number of aromatic nitrogens is 2. The summed E-state index contributed by atoms with van der Waals surface area (Å²) in [4.78, 5) is 35.4. The zero-order chi connectivity index (χ0) is 25.6. The van der Waals surface area contributed by atoms with Crippen LogP contribution in [0.25, 0.3) is 0 Å². The van der Waals surface area contributed by atoms with E-state index >= 15 is 0 Å². The predicted octanol–water partition coefficient (Wildman–Crippen LogP) is 4.90. The number of thiazole rings is 1. The average molecular weight is 524 g/mol. The maximum Gasteiger partial charge on any atom is 0.407 e. The minimum atomic E-state index is -0.501. The van der Waals surface area contributed by atoms with E-state index in [4.69, 9.17) is 9.15 Å². The van der Waals surface area contributed by atoms with Crippen LogP contribution in [-0.4, -0.2) is 58.6 Å². The highest BCUT2D eigenvalue weighted by Crippen LogP contribution is 2.32. The Bertz CT molecular complexity index is 985. The van der Waals surface area contributed by atoms with E-state index in [1.807, 2.05) is 20.8 Å². The van der Waals surface area contributed by atoms with Crippen LogP contribution in [0.3, 0.4) is 0 Å². The van der Waals surface area contributed by atoms with E-state index in [0.717, 1.165) is 42.4 Å². The summed E-state index contributed by atoms with van der Waals surface area (Å²) in [6, 6.07) is 0. The normalized spacial score (nSPS) is 15.7. The zero-order valence-corrected chi connectivity index (χ0v) is 23.1. The summed E-state index contributed by atoms with van der Waals surface area (Å²) in [6.07, 6.45) is 4.73. The van der Waals surface area contributed by atoms with Gasteiger partial charge in [0, 0.05) is 24.4 Å². The molecule has 0 unspecified atom stereocenters. The lowest BCUT2D eigenvalue weighted by Crippen LogP contribution is -2.42. The van der Waals surface area contributed by atoms with Gasteiger partial charge in [-0.1, -0.05) is 32.1 Å². The molecule has 0 aliphatic carbocycles. The van der Waals surface area contributed by atoms with Crippen molar-refractivity contribution in [3.63, 3.8) is 0 Å². The standard InChI is InChI=1S/C24H37N5O4S2/c1-23(2,3)17-13-26-18(32-17)15-34-19-14-27-21(35-19)28-20(30)16-7-10-29(11-8-16)12-9-25-22(31)33-24(4,5)6/h13-14,16H,7-12,15H2,1-6H3,(H,25,31)(H,27,28,30). The summed E-state index contributed by atoms with van der Waals surface area (Å²) in [5.74, 6) is 2.16. The third-order valence-corrected chi connectivity index (χ3v) is 7.49. The minimum Gasteiger partial charge on any atom is -0.444 e. The number of likely N-dealkylation sites (tertiary alicyclic amines) is 1. The molecule has 1 aliphatic rings. The highest BCUT2D eigenvalue weighted by atomic mass is 32.2. The van der Waals surface area contributed by atoms with Crippen molar-refractivity contribution in [3.05, 3.63) is 24.0 Å². The van der Waals surface area contributed by atoms with Crippen molar-refractivity contribution in [2.45, 2.75) is 75.4 Å². The van der Waals surface area contributed by atoms with Gasteiger partial charge >= 0.3 is 6.09 Å². The number of hydrogen-bond donors (Lipinski definition) is 2. The summed E-state index contributed by atoms with van der Waals surface area (Å²) < 4.78 is 12.1. The first-order valence-electron chi connectivity index (χ1n) is 11.9. The van der Waals surface area contributed by atoms with Crippen molar-refractivity contribution < 1.29 is 18.7 Å². The second-order valence-corrected chi connectivity index (χ2v) is 13.0.